The van der Waals surface area contributed by atoms with Gasteiger partial charge in [0.2, 0.25) is 0 Å². The van der Waals surface area contributed by atoms with Gasteiger partial charge in [0, 0.05) is 20.6 Å². The zero-order valence-electron chi connectivity index (χ0n) is 13.7. The van der Waals surface area contributed by atoms with Gasteiger partial charge in [0.05, 0.1) is 12.1 Å². The Labute approximate surface area is 128 Å². The fraction of sp³-hybridized carbons (Fsp3) is 0.643. The fourth-order valence-electron chi connectivity index (χ4n) is 2.49. The summed E-state index contributed by atoms with van der Waals surface area (Å²) in [6.45, 7) is 7.16. The van der Waals surface area contributed by atoms with Crippen LogP contribution in [0.3, 0.4) is 0 Å². The zero-order chi connectivity index (χ0) is 16.7. The van der Waals surface area contributed by atoms with Crippen LogP contribution < -0.4 is 11.2 Å². The summed E-state index contributed by atoms with van der Waals surface area (Å²) in [7, 11) is 3.03. The van der Waals surface area contributed by atoms with Crippen LogP contribution in [-0.2, 0) is 20.6 Å². The topological polar surface area (TPSA) is 96.2 Å². The predicted octanol–water partition coefficient (Wildman–Crippen LogP) is -0.447. The molecule has 22 heavy (non-hydrogen) atoms. The minimum atomic E-state index is -0.814. The van der Waals surface area contributed by atoms with Crippen LogP contribution in [0.4, 0.5) is 0 Å². The molecule has 2 aromatic rings. The van der Waals surface area contributed by atoms with Gasteiger partial charge in [-0.25, -0.2) is 9.78 Å². The van der Waals surface area contributed by atoms with E-state index in [9.17, 15) is 14.7 Å². The van der Waals surface area contributed by atoms with Gasteiger partial charge in [0.15, 0.2) is 5.65 Å². The lowest BCUT2D eigenvalue weighted by Gasteiger charge is -2.27. The second-order valence-electron chi connectivity index (χ2n) is 6.20. The van der Waals surface area contributed by atoms with Crippen LogP contribution in [0.25, 0.3) is 11.2 Å². The second-order valence-corrected chi connectivity index (χ2v) is 6.20. The average molecular weight is 309 g/mol. The Balaban J connectivity index is 2.42. The van der Waals surface area contributed by atoms with Gasteiger partial charge in [-0.2, -0.15) is 0 Å². The van der Waals surface area contributed by atoms with E-state index in [-0.39, 0.29) is 5.56 Å². The molecule has 0 radical (unpaired) electrons. The normalized spacial score (nSPS) is 12.5. The molecular weight excluding hydrogens is 286 g/mol. The van der Waals surface area contributed by atoms with Crippen molar-refractivity contribution in [3.05, 3.63) is 26.7 Å². The highest BCUT2D eigenvalue weighted by molar-refractivity contribution is 5.69. The molecule has 0 amide bonds. The van der Waals surface area contributed by atoms with E-state index in [0.29, 0.717) is 30.1 Å². The molecule has 0 aliphatic rings. The van der Waals surface area contributed by atoms with Crippen LogP contribution in [0.1, 0.15) is 26.6 Å². The molecule has 0 unspecified atom stereocenters. The maximum Gasteiger partial charge on any atom is 0.332 e. The number of hydrogen-bond donors (Lipinski definition) is 2. The molecule has 2 aromatic heterocycles. The maximum atomic E-state index is 12.1. The highest BCUT2D eigenvalue weighted by Crippen LogP contribution is 2.10. The quantitative estimate of drug-likeness (QED) is 0.780. The molecule has 0 saturated carbocycles. The van der Waals surface area contributed by atoms with E-state index in [0.717, 1.165) is 11.1 Å². The number of nitrogens with one attached hydrogen (secondary N) is 1. The molecule has 122 valence electrons. The molecule has 0 aromatic carbocycles. The van der Waals surface area contributed by atoms with Crippen molar-refractivity contribution in [2.75, 3.05) is 13.1 Å². The lowest BCUT2D eigenvalue weighted by atomic mass is 10.1. The van der Waals surface area contributed by atoms with E-state index in [1.807, 2.05) is 11.8 Å². The highest BCUT2D eigenvalue weighted by atomic mass is 16.3. The molecule has 2 heterocycles. The molecule has 0 fully saturated rings. The number of aliphatic hydroxyl groups is 1. The van der Waals surface area contributed by atoms with Gasteiger partial charge in [-0.3, -0.25) is 18.8 Å². The predicted molar refractivity (Wildman–Crippen MR) is 83.8 cm³/mol. The Kier molecular flexibility index (Phi) is 4.25. The number of aromatic nitrogens is 4. The van der Waals surface area contributed by atoms with Crippen LogP contribution in [0, 0.1) is 0 Å². The summed E-state index contributed by atoms with van der Waals surface area (Å²) in [6.07, 6.45) is 0. The van der Waals surface area contributed by atoms with E-state index in [1.165, 1.54) is 11.6 Å². The molecule has 0 atom stereocenters. The monoisotopic (exact) mass is 309 g/mol. The van der Waals surface area contributed by atoms with Crippen LogP contribution in [0.15, 0.2) is 9.59 Å². The Bertz CT molecular complexity index is 794. The summed E-state index contributed by atoms with van der Waals surface area (Å²) < 4.78 is 2.40. The first kappa shape index (κ1) is 16.4. The zero-order valence-corrected chi connectivity index (χ0v) is 13.7. The number of aryl methyl sites for hydroxylation is 1. The van der Waals surface area contributed by atoms with Gasteiger partial charge in [0.25, 0.3) is 5.56 Å². The first-order chi connectivity index (χ1) is 10.1. The minimum absolute atomic E-state index is 0.318. The molecule has 2 N–H and O–H groups in total. The lowest BCUT2D eigenvalue weighted by molar-refractivity contribution is 0.0347. The molecule has 0 aliphatic heterocycles. The average Bonchev–Trinajstić information content (AvgIpc) is 2.84. The first-order valence-corrected chi connectivity index (χ1v) is 7.23. The standard InChI is InChI=1S/C14H23N5O3/c1-6-19(8-14(2,3)22)7-9-15-10-11(16-9)17(4)13(21)18(5)12(10)20/h22H,6-8H2,1-5H3,(H,15,16). The summed E-state index contributed by atoms with van der Waals surface area (Å²) in [6, 6.07) is 0. The molecular formula is C14H23N5O3. The molecule has 2 rings (SSSR count). The number of hydrogen-bond acceptors (Lipinski definition) is 5. The van der Waals surface area contributed by atoms with Crippen molar-refractivity contribution in [1.29, 1.82) is 0 Å². The summed E-state index contributed by atoms with van der Waals surface area (Å²) in [5.74, 6) is 0.597. The number of aromatic amines is 1. The van der Waals surface area contributed by atoms with E-state index < -0.39 is 11.3 Å². The molecule has 0 bridgehead atoms. The van der Waals surface area contributed by atoms with E-state index >= 15 is 0 Å². The van der Waals surface area contributed by atoms with Crippen LogP contribution in [-0.4, -0.2) is 47.8 Å². The maximum absolute atomic E-state index is 12.1. The van der Waals surface area contributed by atoms with Crippen LogP contribution in [0.5, 0.6) is 0 Å². The Morgan fingerprint density at radius 2 is 1.91 bits per heavy atom. The van der Waals surface area contributed by atoms with Crippen molar-refractivity contribution < 1.29 is 5.11 Å². The molecule has 0 spiro atoms. The van der Waals surface area contributed by atoms with Crippen LogP contribution in [0.2, 0.25) is 0 Å². The van der Waals surface area contributed by atoms with Gasteiger partial charge in [-0.15, -0.1) is 0 Å². The van der Waals surface area contributed by atoms with Crippen molar-refractivity contribution in [3.63, 3.8) is 0 Å². The summed E-state index contributed by atoms with van der Waals surface area (Å²) in [4.78, 5) is 33.4. The number of nitrogens with zero attached hydrogens (tertiary/aromatic N) is 4. The minimum Gasteiger partial charge on any atom is -0.389 e. The third-order valence-electron chi connectivity index (χ3n) is 3.57. The van der Waals surface area contributed by atoms with E-state index in [1.54, 1.807) is 20.9 Å². The van der Waals surface area contributed by atoms with Crippen molar-refractivity contribution in [3.8, 4) is 0 Å². The lowest BCUT2D eigenvalue weighted by Crippen LogP contribution is -2.38. The molecule has 0 saturated heterocycles. The SMILES string of the molecule is CCN(Cc1nc2c([nH]1)c(=O)n(C)c(=O)n2C)CC(C)(C)O. The number of likely N-dealkylation sites (N-methyl/N-ethyl adjacent to an activating group) is 1. The van der Waals surface area contributed by atoms with Gasteiger partial charge in [-0.05, 0) is 20.4 Å². The number of imidazole rings is 1. The number of H-pyrrole nitrogens is 1. The van der Waals surface area contributed by atoms with Gasteiger partial charge >= 0.3 is 5.69 Å². The van der Waals surface area contributed by atoms with Crippen LogP contribution >= 0.6 is 0 Å². The van der Waals surface area contributed by atoms with Gasteiger partial charge in [0.1, 0.15) is 11.3 Å². The fourth-order valence-corrected chi connectivity index (χ4v) is 2.49. The van der Waals surface area contributed by atoms with Crippen molar-refractivity contribution in [1.82, 2.24) is 24.0 Å². The van der Waals surface area contributed by atoms with E-state index in [4.69, 9.17) is 0 Å². The van der Waals surface area contributed by atoms with Crippen molar-refractivity contribution in [2.45, 2.75) is 32.9 Å². The van der Waals surface area contributed by atoms with Crippen molar-refractivity contribution >= 4 is 11.2 Å². The van der Waals surface area contributed by atoms with Gasteiger partial charge in [-0.1, -0.05) is 6.92 Å². The Morgan fingerprint density at radius 3 is 2.45 bits per heavy atom. The summed E-state index contributed by atoms with van der Waals surface area (Å²) in [5.41, 5.74) is -0.937. The summed E-state index contributed by atoms with van der Waals surface area (Å²) in [5, 5.41) is 9.93. The Hall–Kier alpha value is -1.93. The van der Waals surface area contributed by atoms with E-state index in [2.05, 4.69) is 9.97 Å². The molecule has 0 aliphatic carbocycles. The highest BCUT2D eigenvalue weighted by Gasteiger charge is 2.19. The second kappa shape index (κ2) is 5.69. The number of fused-ring (bicyclic) bond motifs is 1. The number of rotatable bonds is 5. The molecule has 8 heteroatoms. The largest absolute Gasteiger partial charge is 0.389 e. The summed E-state index contributed by atoms with van der Waals surface area (Å²) >= 11 is 0. The third kappa shape index (κ3) is 3.12. The smallest absolute Gasteiger partial charge is 0.332 e. The third-order valence-corrected chi connectivity index (χ3v) is 3.57. The first-order valence-electron chi connectivity index (χ1n) is 7.23. The Morgan fingerprint density at radius 1 is 1.27 bits per heavy atom. The van der Waals surface area contributed by atoms with Gasteiger partial charge < -0.3 is 10.1 Å². The molecule has 8 nitrogen and oxygen atoms in total. The van der Waals surface area contributed by atoms with Crippen molar-refractivity contribution in [2.24, 2.45) is 14.1 Å².